The number of halogens is 2. The summed E-state index contributed by atoms with van der Waals surface area (Å²) >= 11 is 0. The molecule has 69 heavy (non-hydrogen) atoms. The number of anilines is 2. The molecule has 0 bridgehead atoms. The van der Waals surface area contributed by atoms with Crippen molar-refractivity contribution in [2.45, 2.75) is 18.8 Å². The predicted octanol–water partition coefficient (Wildman–Crippen LogP) is 7.58. The van der Waals surface area contributed by atoms with Gasteiger partial charge in [0.15, 0.2) is 6.29 Å². The Hall–Kier alpha value is -7.83. The van der Waals surface area contributed by atoms with Crippen molar-refractivity contribution in [1.29, 1.82) is 0 Å². The van der Waals surface area contributed by atoms with Crippen LogP contribution in [0.15, 0.2) is 140 Å². The van der Waals surface area contributed by atoms with Crippen LogP contribution in [0.3, 0.4) is 0 Å². The maximum absolute atomic E-state index is 13.9. The molecule has 0 saturated carbocycles. The van der Waals surface area contributed by atoms with E-state index in [4.69, 9.17) is 24.0 Å². The SMILES string of the molecule is NCC1CN(c2nccc3ccc(F)cc23)CCO1.O=Cc1cc2c(=O)oc3ccccc3c2[nH]1.O=c1oc2ccccc2c2[nH]c(CNCC3CN(c4nccc5ccc(F)cc45)CCO3)cc12. The first kappa shape index (κ1) is 45.0. The van der Waals surface area contributed by atoms with Gasteiger partial charge in [0.25, 0.3) is 0 Å². The first-order chi connectivity index (χ1) is 33.7. The molecule has 2 fully saturated rings. The third kappa shape index (κ3) is 9.53. The average Bonchev–Trinajstić information content (AvgIpc) is 4.03. The maximum atomic E-state index is 13.9. The molecule has 10 aromatic rings. The maximum Gasteiger partial charge on any atom is 0.345 e. The van der Waals surface area contributed by atoms with Crippen LogP contribution in [-0.4, -0.2) is 90.9 Å². The number of rotatable bonds is 8. The zero-order valence-corrected chi connectivity index (χ0v) is 37.1. The first-order valence-electron chi connectivity index (χ1n) is 22.5. The number of H-pyrrole nitrogens is 2. The smallest absolute Gasteiger partial charge is 0.345 e. The number of benzene rings is 4. The highest BCUT2D eigenvalue weighted by Crippen LogP contribution is 2.29. The molecule has 2 saturated heterocycles. The summed E-state index contributed by atoms with van der Waals surface area (Å²) in [7, 11) is 0. The fraction of sp³-hybridized carbons (Fsp3) is 0.212. The summed E-state index contributed by atoms with van der Waals surface area (Å²) < 4.78 is 49.4. The Morgan fingerprint density at radius 2 is 1.19 bits per heavy atom. The first-order valence-corrected chi connectivity index (χ1v) is 22.5. The van der Waals surface area contributed by atoms with Crippen molar-refractivity contribution in [2.24, 2.45) is 5.73 Å². The predicted molar refractivity (Wildman–Crippen MR) is 262 cm³/mol. The minimum atomic E-state index is -0.432. The number of aldehydes is 1. The van der Waals surface area contributed by atoms with E-state index in [1.807, 2.05) is 48.5 Å². The van der Waals surface area contributed by atoms with E-state index >= 15 is 0 Å². The molecule has 8 heterocycles. The number of aromatic nitrogens is 4. The largest absolute Gasteiger partial charge is 0.422 e. The summed E-state index contributed by atoms with van der Waals surface area (Å²) in [6.45, 7) is 5.64. The number of nitrogens with one attached hydrogen (secondary N) is 3. The quantitative estimate of drug-likeness (QED) is 0.0860. The average molecular weight is 933 g/mol. The number of nitrogens with zero attached hydrogens (tertiary/aromatic N) is 4. The van der Waals surface area contributed by atoms with E-state index in [0.717, 1.165) is 61.7 Å². The zero-order valence-electron chi connectivity index (χ0n) is 37.1. The number of aromatic amines is 2. The highest BCUT2D eigenvalue weighted by atomic mass is 19.1. The molecule has 5 N–H and O–H groups in total. The Morgan fingerprint density at radius 1 is 0.652 bits per heavy atom. The number of carbonyl (C=O) groups excluding carboxylic acids is 1. The Balaban J connectivity index is 0.000000133. The molecule has 0 amide bonds. The van der Waals surface area contributed by atoms with Gasteiger partial charge < -0.3 is 49.1 Å². The molecule has 2 aliphatic rings. The number of nitrogens with two attached hydrogens (primary N) is 1. The molecule has 4 aromatic carbocycles. The summed E-state index contributed by atoms with van der Waals surface area (Å²) in [6, 6.07) is 31.4. The molecule has 350 valence electrons. The normalized spacial score (nSPS) is 16.2. The van der Waals surface area contributed by atoms with E-state index in [-0.39, 0.29) is 29.5 Å². The topological polar surface area (TPSA) is 198 Å². The summed E-state index contributed by atoms with van der Waals surface area (Å²) in [5.74, 6) is 1.07. The van der Waals surface area contributed by atoms with Crippen LogP contribution in [0.2, 0.25) is 0 Å². The fourth-order valence-electron chi connectivity index (χ4n) is 8.94. The van der Waals surface area contributed by atoms with E-state index in [9.17, 15) is 23.2 Å². The van der Waals surface area contributed by atoms with Crippen molar-refractivity contribution in [2.75, 3.05) is 62.3 Å². The van der Waals surface area contributed by atoms with Gasteiger partial charge in [-0.1, -0.05) is 36.4 Å². The number of hydrogen-bond donors (Lipinski definition) is 4. The molecule has 6 aromatic heterocycles. The number of hydrogen-bond acceptors (Lipinski definition) is 13. The molecule has 15 nitrogen and oxygen atoms in total. The van der Waals surface area contributed by atoms with Crippen LogP contribution in [0.1, 0.15) is 16.2 Å². The number of para-hydroxylation sites is 2. The van der Waals surface area contributed by atoms with Crippen LogP contribution in [0.5, 0.6) is 0 Å². The summed E-state index contributed by atoms with van der Waals surface area (Å²) in [6.07, 6.45) is 4.15. The lowest BCUT2D eigenvalue weighted by Gasteiger charge is -2.34. The number of pyridine rings is 2. The van der Waals surface area contributed by atoms with E-state index in [0.29, 0.717) is 91.9 Å². The lowest BCUT2D eigenvalue weighted by atomic mass is 10.1. The van der Waals surface area contributed by atoms with Crippen molar-refractivity contribution in [3.63, 3.8) is 0 Å². The fourth-order valence-corrected chi connectivity index (χ4v) is 8.94. The number of fused-ring (bicyclic) bond motifs is 8. The van der Waals surface area contributed by atoms with Gasteiger partial charge in [0.1, 0.15) is 34.4 Å². The molecule has 2 unspecified atom stereocenters. The van der Waals surface area contributed by atoms with Crippen LogP contribution in [0.4, 0.5) is 20.4 Å². The van der Waals surface area contributed by atoms with Crippen molar-refractivity contribution in [1.82, 2.24) is 25.3 Å². The molecule has 2 atom stereocenters. The van der Waals surface area contributed by atoms with Gasteiger partial charge in [0, 0.05) is 85.4 Å². The van der Waals surface area contributed by atoms with Crippen molar-refractivity contribution < 1.29 is 31.9 Å². The highest BCUT2D eigenvalue weighted by molar-refractivity contribution is 6.04. The van der Waals surface area contributed by atoms with Gasteiger partial charge in [-0.15, -0.1) is 0 Å². The Bertz CT molecular complexity index is 3610. The van der Waals surface area contributed by atoms with E-state index in [1.165, 1.54) is 30.3 Å². The monoisotopic (exact) mass is 932 g/mol. The minimum absolute atomic E-state index is 0.0133. The van der Waals surface area contributed by atoms with Crippen molar-refractivity contribution >= 4 is 83.2 Å². The van der Waals surface area contributed by atoms with Crippen LogP contribution in [-0.2, 0) is 16.0 Å². The van der Waals surface area contributed by atoms with Crippen molar-refractivity contribution in [3.05, 3.63) is 165 Å². The highest BCUT2D eigenvalue weighted by Gasteiger charge is 2.24. The summed E-state index contributed by atoms with van der Waals surface area (Å²) in [5, 5.41) is 9.64. The van der Waals surface area contributed by atoms with Crippen LogP contribution >= 0.6 is 0 Å². The van der Waals surface area contributed by atoms with E-state index < -0.39 is 5.63 Å². The van der Waals surface area contributed by atoms with Crippen LogP contribution in [0.25, 0.3) is 65.3 Å². The van der Waals surface area contributed by atoms with Gasteiger partial charge in [-0.3, -0.25) is 4.79 Å². The Labute approximate surface area is 391 Å². The molecule has 12 rings (SSSR count). The molecule has 0 radical (unpaired) electrons. The molecule has 0 aliphatic carbocycles. The number of morpholine rings is 2. The zero-order chi connectivity index (χ0) is 47.4. The Morgan fingerprint density at radius 3 is 1.77 bits per heavy atom. The summed E-state index contributed by atoms with van der Waals surface area (Å²) in [5.41, 5.74) is 8.66. The number of carbonyl (C=O) groups is 1. The van der Waals surface area contributed by atoms with E-state index in [2.05, 4.69) is 35.1 Å². The lowest BCUT2D eigenvalue weighted by Crippen LogP contribution is -2.47. The molecule has 2 aliphatic heterocycles. The van der Waals surface area contributed by atoms with Crippen molar-refractivity contribution in [3.8, 4) is 0 Å². The minimum Gasteiger partial charge on any atom is -0.422 e. The van der Waals surface area contributed by atoms with Gasteiger partial charge >= 0.3 is 11.3 Å². The third-order valence-corrected chi connectivity index (χ3v) is 12.2. The van der Waals surface area contributed by atoms with Gasteiger partial charge in [-0.25, -0.2) is 28.3 Å². The molecule has 17 heteroatoms. The standard InChI is InChI=1S/C26H23FN4O3.C14H16FN3O.C12H7NO3/c27-17-6-5-16-7-8-29-25(21(16)11-17)31-9-10-33-19(15-31)14-28-13-18-12-22-24(30-18)20-3-1-2-4-23(20)34-26(22)32;15-11-2-1-10-3-4-17-14(13(10)7-11)18-5-6-19-12(8-16)9-18;14-6-7-5-9-11(13-7)8-3-1-2-4-10(8)16-12(9)15/h1-8,11-12,19,28,30H,9-10,13-15H2;1-4,7,12H,5-6,8-9,16H2;1-6,13H. The second kappa shape index (κ2) is 19.8. The molecule has 0 spiro atoms. The molecular weight excluding hydrogens is 887 g/mol. The second-order valence-electron chi connectivity index (χ2n) is 16.7. The third-order valence-electron chi connectivity index (χ3n) is 12.2. The lowest BCUT2D eigenvalue weighted by molar-refractivity contribution is 0.0405. The van der Waals surface area contributed by atoms with E-state index in [1.54, 1.807) is 42.7 Å². The Kier molecular flexibility index (Phi) is 12.9. The van der Waals surface area contributed by atoms with Gasteiger partial charge in [-0.05, 0) is 83.6 Å². The van der Waals surface area contributed by atoms with Gasteiger partial charge in [0.2, 0.25) is 0 Å². The number of ether oxygens (including phenoxy) is 2. The van der Waals surface area contributed by atoms with Gasteiger partial charge in [-0.2, -0.15) is 0 Å². The molecular formula is C52H46F2N8O7. The second-order valence-corrected chi connectivity index (χ2v) is 16.7. The van der Waals surface area contributed by atoms with Crippen LogP contribution < -0.4 is 32.1 Å². The summed E-state index contributed by atoms with van der Waals surface area (Å²) in [4.78, 5) is 54.1. The van der Waals surface area contributed by atoms with Gasteiger partial charge in [0.05, 0.1) is 52.9 Å². The van der Waals surface area contributed by atoms with Crippen LogP contribution in [0, 0.1) is 11.6 Å².